The zero-order valence-corrected chi connectivity index (χ0v) is 9.09. The summed E-state index contributed by atoms with van der Waals surface area (Å²) < 4.78 is 0.170. The van der Waals surface area contributed by atoms with Crippen LogP contribution in [0.15, 0.2) is 12.7 Å². The minimum absolute atomic E-state index is 0.118. The van der Waals surface area contributed by atoms with Gasteiger partial charge in [-0.15, -0.1) is 0 Å². The summed E-state index contributed by atoms with van der Waals surface area (Å²) in [6.45, 7) is 5.66. The van der Waals surface area contributed by atoms with E-state index in [4.69, 9.17) is 0 Å². The standard InChI is InChI=1S/C9H14OS2/c1-3-8(10)12-9(2)6-4-5-7-11-9/h3H,1,4-7H2,2H3/p+1. The minimum atomic E-state index is 0.118. The van der Waals surface area contributed by atoms with Gasteiger partial charge in [-0.05, 0) is 49.4 Å². The predicted octanol–water partition coefficient (Wildman–Crippen LogP) is 2.15. The molecule has 1 nitrogen and oxygen atoms in total. The molecule has 1 unspecified atom stereocenters. The van der Waals surface area contributed by atoms with Crippen LogP contribution in [0.5, 0.6) is 0 Å². The van der Waals surface area contributed by atoms with Crippen LogP contribution in [-0.4, -0.2) is 14.9 Å². The molecule has 0 amide bonds. The Hall–Kier alpha value is 0.110. The molecular weight excluding hydrogens is 188 g/mol. The Bertz CT molecular complexity index is 183. The molecule has 1 atom stereocenters. The van der Waals surface area contributed by atoms with Gasteiger partial charge in [0.2, 0.25) is 5.12 Å². The van der Waals surface area contributed by atoms with Crippen LogP contribution < -0.4 is 0 Å². The van der Waals surface area contributed by atoms with E-state index in [1.54, 1.807) is 0 Å². The summed E-state index contributed by atoms with van der Waals surface area (Å²) in [5.74, 6) is 1.24. The second-order valence-corrected chi connectivity index (χ2v) is 6.70. The molecule has 1 aliphatic heterocycles. The molecule has 1 fully saturated rings. The molecule has 1 aliphatic rings. The number of thiol groups is 1. The van der Waals surface area contributed by atoms with E-state index in [9.17, 15) is 4.79 Å². The van der Waals surface area contributed by atoms with Crippen molar-refractivity contribution in [2.45, 2.75) is 30.3 Å². The van der Waals surface area contributed by atoms with E-state index >= 15 is 0 Å². The van der Waals surface area contributed by atoms with E-state index in [1.165, 1.54) is 54.6 Å². The molecule has 0 aromatic carbocycles. The van der Waals surface area contributed by atoms with Crippen molar-refractivity contribution in [1.29, 1.82) is 0 Å². The van der Waals surface area contributed by atoms with Crippen molar-refractivity contribution < 1.29 is 4.79 Å². The number of hydrogen-bond donors (Lipinski definition) is 0. The first-order chi connectivity index (χ1) is 5.66. The SMILES string of the molecule is C=CC(=O)SC1(C)CCCC[SH+]1. The Labute approximate surface area is 82.4 Å². The van der Waals surface area contributed by atoms with Gasteiger partial charge in [0, 0.05) is 6.42 Å². The predicted molar refractivity (Wildman–Crippen MR) is 58.7 cm³/mol. The Balaban J connectivity index is 2.46. The summed E-state index contributed by atoms with van der Waals surface area (Å²) in [7, 11) is 0. The average Bonchev–Trinajstić information content (AvgIpc) is 2.05. The van der Waals surface area contributed by atoms with Gasteiger partial charge in [-0.3, -0.25) is 4.79 Å². The third-order valence-electron chi connectivity index (χ3n) is 1.98. The molecule has 0 saturated carbocycles. The molecule has 1 rings (SSSR count). The fourth-order valence-corrected chi connectivity index (χ4v) is 4.04. The monoisotopic (exact) mass is 203 g/mol. The number of rotatable bonds is 2. The van der Waals surface area contributed by atoms with Crippen molar-refractivity contribution in [1.82, 2.24) is 0 Å². The maximum absolute atomic E-state index is 11.1. The topological polar surface area (TPSA) is 17.1 Å². The normalized spacial score (nSPS) is 29.8. The van der Waals surface area contributed by atoms with Gasteiger partial charge in [-0.1, -0.05) is 6.58 Å². The van der Waals surface area contributed by atoms with Gasteiger partial charge in [0.15, 0.2) is 4.08 Å². The summed E-state index contributed by atoms with van der Waals surface area (Å²) in [6.07, 6.45) is 5.17. The van der Waals surface area contributed by atoms with Crippen LogP contribution in [0.1, 0.15) is 26.2 Å². The summed E-state index contributed by atoms with van der Waals surface area (Å²) in [5.41, 5.74) is 0. The van der Waals surface area contributed by atoms with E-state index in [2.05, 4.69) is 13.5 Å². The summed E-state index contributed by atoms with van der Waals surface area (Å²) >= 11 is 2.87. The lowest BCUT2D eigenvalue weighted by Crippen LogP contribution is -2.29. The zero-order chi connectivity index (χ0) is 9.03. The molecule has 0 spiro atoms. The van der Waals surface area contributed by atoms with Crippen LogP contribution in [0.4, 0.5) is 0 Å². The molecule has 68 valence electrons. The third kappa shape index (κ3) is 2.87. The van der Waals surface area contributed by atoms with Gasteiger partial charge in [0.25, 0.3) is 0 Å². The van der Waals surface area contributed by atoms with Crippen LogP contribution in [0.25, 0.3) is 0 Å². The Morgan fingerprint density at radius 3 is 2.92 bits per heavy atom. The van der Waals surface area contributed by atoms with Gasteiger partial charge in [0.05, 0.1) is 0 Å². The molecule has 3 heteroatoms. The van der Waals surface area contributed by atoms with Crippen molar-refractivity contribution >= 4 is 28.6 Å². The van der Waals surface area contributed by atoms with E-state index in [-0.39, 0.29) is 9.19 Å². The fraction of sp³-hybridized carbons (Fsp3) is 0.667. The van der Waals surface area contributed by atoms with Crippen molar-refractivity contribution in [3.63, 3.8) is 0 Å². The van der Waals surface area contributed by atoms with Gasteiger partial charge in [-0.25, -0.2) is 0 Å². The molecule has 0 aliphatic carbocycles. The molecule has 0 radical (unpaired) electrons. The number of hydrogen-bond acceptors (Lipinski definition) is 2. The largest absolute Gasteiger partial charge is 0.282 e. The molecule has 0 N–H and O–H groups in total. The first-order valence-electron chi connectivity index (χ1n) is 4.20. The fourth-order valence-electron chi connectivity index (χ4n) is 1.30. The second-order valence-electron chi connectivity index (χ2n) is 3.14. The molecule has 1 saturated heterocycles. The van der Waals surface area contributed by atoms with Crippen LogP contribution in [-0.2, 0) is 16.6 Å². The summed E-state index contributed by atoms with van der Waals surface area (Å²) in [4.78, 5) is 11.1. The highest BCUT2D eigenvalue weighted by Gasteiger charge is 2.37. The Morgan fingerprint density at radius 2 is 2.42 bits per heavy atom. The maximum Gasteiger partial charge on any atom is 0.216 e. The van der Waals surface area contributed by atoms with Crippen LogP contribution in [0, 0.1) is 0 Å². The average molecular weight is 203 g/mol. The maximum atomic E-state index is 11.1. The van der Waals surface area contributed by atoms with Gasteiger partial charge < -0.3 is 0 Å². The Morgan fingerprint density at radius 1 is 1.67 bits per heavy atom. The second kappa shape index (κ2) is 4.38. The van der Waals surface area contributed by atoms with Crippen molar-refractivity contribution in [2.75, 3.05) is 5.75 Å². The van der Waals surface area contributed by atoms with Crippen LogP contribution >= 0.6 is 11.8 Å². The van der Waals surface area contributed by atoms with E-state index < -0.39 is 0 Å². The highest BCUT2D eigenvalue weighted by Crippen LogP contribution is 2.36. The van der Waals surface area contributed by atoms with Crippen LogP contribution in [0.2, 0.25) is 0 Å². The Kier molecular flexibility index (Phi) is 3.72. The lowest BCUT2D eigenvalue weighted by molar-refractivity contribution is -0.107. The summed E-state index contributed by atoms with van der Waals surface area (Å²) in [5, 5.41) is 0.118. The molecular formula is C9H15OS2+. The van der Waals surface area contributed by atoms with Gasteiger partial charge in [-0.2, -0.15) is 0 Å². The molecule has 0 aromatic rings. The number of carbonyl (C=O) groups excluding carboxylic acids is 1. The lowest BCUT2D eigenvalue weighted by Gasteiger charge is -2.23. The molecule has 12 heavy (non-hydrogen) atoms. The van der Waals surface area contributed by atoms with Gasteiger partial charge in [0.1, 0.15) is 5.75 Å². The van der Waals surface area contributed by atoms with Crippen LogP contribution in [0.3, 0.4) is 0 Å². The molecule has 0 aromatic heterocycles. The van der Waals surface area contributed by atoms with Crippen molar-refractivity contribution in [3.8, 4) is 0 Å². The number of carbonyl (C=O) groups is 1. The minimum Gasteiger partial charge on any atom is -0.282 e. The number of thioether (sulfide) groups is 1. The third-order valence-corrected chi connectivity index (χ3v) is 5.09. The molecule has 1 heterocycles. The first-order valence-corrected chi connectivity index (χ1v) is 6.10. The first kappa shape index (κ1) is 10.2. The van der Waals surface area contributed by atoms with E-state index in [0.29, 0.717) is 0 Å². The van der Waals surface area contributed by atoms with Gasteiger partial charge >= 0.3 is 0 Å². The highest BCUT2D eigenvalue weighted by atomic mass is 32.2. The lowest BCUT2D eigenvalue weighted by atomic mass is 10.2. The quantitative estimate of drug-likeness (QED) is 0.388. The van der Waals surface area contributed by atoms with E-state index in [1.807, 2.05) is 0 Å². The van der Waals surface area contributed by atoms with Crippen molar-refractivity contribution in [3.05, 3.63) is 12.7 Å². The van der Waals surface area contributed by atoms with Crippen molar-refractivity contribution in [2.24, 2.45) is 0 Å². The zero-order valence-electron chi connectivity index (χ0n) is 7.38. The van der Waals surface area contributed by atoms with E-state index in [0.717, 1.165) is 0 Å². The molecule has 0 bridgehead atoms. The summed E-state index contributed by atoms with van der Waals surface area (Å²) in [6, 6.07) is 0. The highest BCUT2D eigenvalue weighted by molar-refractivity contribution is 8.21. The smallest absolute Gasteiger partial charge is 0.216 e.